The molecule has 0 saturated carbocycles. The van der Waals surface area contributed by atoms with Crippen LogP contribution >= 0.6 is 15.9 Å². The first-order chi connectivity index (χ1) is 8.06. The Kier molecular flexibility index (Phi) is 5.86. The van der Waals surface area contributed by atoms with Gasteiger partial charge in [0.1, 0.15) is 5.82 Å². The van der Waals surface area contributed by atoms with Crippen LogP contribution in [0.3, 0.4) is 0 Å². The lowest BCUT2D eigenvalue weighted by Gasteiger charge is -2.20. The van der Waals surface area contributed by atoms with Crippen molar-refractivity contribution in [3.63, 3.8) is 0 Å². The highest BCUT2D eigenvalue weighted by Crippen LogP contribution is 2.29. The van der Waals surface area contributed by atoms with Gasteiger partial charge in [-0.3, -0.25) is 0 Å². The second-order valence-corrected chi connectivity index (χ2v) is 5.10. The van der Waals surface area contributed by atoms with Gasteiger partial charge in [-0.25, -0.2) is 4.39 Å². The summed E-state index contributed by atoms with van der Waals surface area (Å²) in [7, 11) is 0. The third-order valence-electron chi connectivity index (χ3n) is 2.55. The van der Waals surface area contributed by atoms with Crippen LogP contribution < -0.4 is 5.32 Å². The van der Waals surface area contributed by atoms with E-state index in [1.54, 1.807) is 6.07 Å². The molecule has 0 aliphatic carbocycles. The zero-order valence-electron chi connectivity index (χ0n) is 10.4. The second kappa shape index (κ2) is 6.92. The zero-order chi connectivity index (χ0) is 12.8. The minimum absolute atomic E-state index is 0.123. The lowest BCUT2D eigenvalue weighted by molar-refractivity contribution is 0.520. The Morgan fingerprint density at radius 3 is 2.82 bits per heavy atom. The van der Waals surface area contributed by atoms with Crippen LogP contribution in [-0.2, 0) is 0 Å². The van der Waals surface area contributed by atoms with Gasteiger partial charge >= 0.3 is 0 Å². The Bertz CT molecular complexity index is 390. The molecule has 0 aliphatic heterocycles. The summed E-state index contributed by atoms with van der Waals surface area (Å²) in [4.78, 5) is 0. The van der Waals surface area contributed by atoms with Crippen molar-refractivity contribution in [1.82, 2.24) is 5.32 Å². The van der Waals surface area contributed by atoms with Crippen molar-refractivity contribution in [2.45, 2.75) is 32.7 Å². The summed E-state index contributed by atoms with van der Waals surface area (Å²) in [6.45, 7) is 8.96. The smallest absolute Gasteiger partial charge is 0.137 e. The first-order valence-electron chi connectivity index (χ1n) is 5.88. The van der Waals surface area contributed by atoms with Crippen molar-refractivity contribution in [2.75, 3.05) is 6.54 Å². The van der Waals surface area contributed by atoms with Crippen LogP contribution in [0.1, 0.15) is 38.3 Å². The molecule has 1 atom stereocenters. The summed E-state index contributed by atoms with van der Waals surface area (Å²) in [5.74, 6) is -0.215. The Morgan fingerprint density at radius 2 is 2.24 bits per heavy atom. The van der Waals surface area contributed by atoms with Crippen LogP contribution in [0.25, 0.3) is 0 Å². The molecule has 0 fully saturated rings. The van der Waals surface area contributed by atoms with Gasteiger partial charge in [-0.2, -0.15) is 0 Å². The molecular formula is C14H19BrFN. The molecule has 0 amide bonds. The summed E-state index contributed by atoms with van der Waals surface area (Å²) >= 11 is 3.32. The molecule has 1 N–H and O–H groups in total. The molecule has 1 aromatic carbocycles. The number of hydrogen-bond donors (Lipinski definition) is 1. The minimum atomic E-state index is -0.215. The van der Waals surface area contributed by atoms with Gasteiger partial charge in [-0.15, -0.1) is 6.58 Å². The molecular weight excluding hydrogens is 281 g/mol. The van der Waals surface area contributed by atoms with Gasteiger partial charge in [0.2, 0.25) is 0 Å². The lowest BCUT2D eigenvalue weighted by Crippen LogP contribution is -2.23. The predicted octanol–water partition coefficient (Wildman–Crippen LogP) is 4.60. The normalized spacial score (nSPS) is 12.5. The third kappa shape index (κ3) is 4.25. The molecule has 1 nitrogen and oxygen atoms in total. The molecule has 0 bridgehead atoms. The van der Waals surface area contributed by atoms with E-state index in [1.807, 2.05) is 13.0 Å². The van der Waals surface area contributed by atoms with Crippen molar-refractivity contribution in [1.29, 1.82) is 0 Å². The average molecular weight is 300 g/mol. The summed E-state index contributed by atoms with van der Waals surface area (Å²) < 4.78 is 14.1. The summed E-state index contributed by atoms with van der Waals surface area (Å²) in [5.41, 5.74) is 2.05. The van der Waals surface area contributed by atoms with E-state index in [-0.39, 0.29) is 11.9 Å². The molecule has 0 saturated heterocycles. The highest BCUT2D eigenvalue weighted by molar-refractivity contribution is 9.10. The molecule has 0 aliphatic rings. The monoisotopic (exact) mass is 299 g/mol. The number of rotatable bonds is 6. The predicted molar refractivity (Wildman–Crippen MR) is 74.6 cm³/mol. The van der Waals surface area contributed by atoms with Crippen molar-refractivity contribution in [3.05, 3.63) is 46.2 Å². The van der Waals surface area contributed by atoms with Gasteiger partial charge in [0.05, 0.1) is 4.47 Å². The Hall–Kier alpha value is -0.670. The Morgan fingerprint density at radius 1 is 1.53 bits per heavy atom. The van der Waals surface area contributed by atoms with Crippen LogP contribution in [0.15, 0.2) is 34.8 Å². The van der Waals surface area contributed by atoms with E-state index in [1.165, 1.54) is 6.07 Å². The highest BCUT2D eigenvalue weighted by atomic mass is 79.9. The van der Waals surface area contributed by atoms with E-state index < -0.39 is 0 Å². The molecule has 0 spiro atoms. The van der Waals surface area contributed by atoms with Crippen LogP contribution in [0, 0.1) is 5.82 Å². The molecule has 0 aromatic heterocycles. The number of halogens is 2. The van der Waals surface area contributed by atoms with Gasteiger partial charge < -0.3 is 5.32 Å². The number of hydrogen-bond acceptors (Lipinski definition) is 1. The summed E-state index contributed by atoms with van der Waals surface area (Å²) in [5, 5.41) is 3.43. The van der Waals surface area contributed by atoms with Crippen LogP contribution in [0.5, 0.6) is 0 Å². The molecule has 94 valence electrons. The van der Waals surface area contributed by atoms with E-state index in [9.17, 15) is 4.39 Å². The second-order valence-electron chi connectivity index (χ2n) is 4.31. The van der Waals surface area contributed by atoms with Gasteiger partial charge in [-0.05, 0) is 53.9 Å². The largest absolute Gasteiger partial charge is 0.310 e. The fourth-order valence-electron chi connectivity index (χ4n) is 1.75. The lowest BCUT2D eigenvalue weighted by atomic mass is 10.00. The summed E-state index contributed by atoms with van der Waals surface area (Å²) in [6, 6.07) is 5.28. The van der Waals surface area contributed by atoms with E-state index in [0.717, 1.165) is 30.5 Å². The molecule has 3 heteroatoms. The molecule has 0 radical (unpaired) electrons. The maximum atomic E-state index is 13.5. The van der Waals surface area contributed by atoms with E-state index in [0.29, 0.717) is 4.47 Å². The fourth-order valence-corrected chi connectivity index (χ4v) is 2.29. The fraction of sp³-hybridized carbons (Fsp3) is 0.429. The van der Waals surface area contributed by atoms with Crippen molar-refractivity contribution < 1.29 is 4.39 Å². The molecule has 1 aromatic rings. The van der Waals surface area contributed by atoms with Crippen molar-refractivity contribution >= 4 is 15.9 Å². The average Bonchev–Trinajstić information content (AvgIpc) is 2.28. The SMILES string of the molecule is C=C(C)CC(NCCC)c1cccc(F)c1Br. The molecule has 1 unspecified atom stereocenters. The van der Waals surface area contributed by atoms with Gasteiger partial charge in [-0.1, -0.05) is 24.6 Å². The van der Waals surface area contributed by atoms with Gasteiger partial charge in [0, 0.05) is 6.04 Å². The standard InChI is InChI=1S/C14H19BrFN/c1-4-8-17-13(9-10(2)3)11-6-5-7-12(16)14(11)15/h5-7,13,17H,2,4,8-9H2,1,3H3. The zero-order valence-corrected chi connectivity index (χ0v) is 12.0. The maximum Gasteiger partial charge on any atom is 0.137 e. The minimum Gasteiger partial charge on any atom is -0.310 e. The van der Waals surface area contributed by atoms with Gasteiger partial charge in [0.25, 0.3) is 0 Å². The maximum absolute atomic E-state index is 13.5. The van der Waals surface area contributed by atoms with Crippen LogP contribution in [0.4, 0.5) is 4.39 Å². The van der Waals surface area contributed by atoms with Crippen LogP contribution in [0.2, 0.25) is 0 Å². The topological polar surface area (TPSA) is 12.0 Å². The molecule has 17 heavy (non-hydrogen) atoms. The van der Waals surface area contributed by atoms with Gasteiger partial charge in [0.15, 0.2) is 0 Å². The quantitative estimate of drug-likeness (QED) is 0.757. The number of benzene rings is 1. The van der Waals surface area contributed by atoms with Crippen molar-refractivity contribution in [3.8, 4) is 0 Å². The first-order valence-corrected chi connectivity index (χ1v) is 6.67. The molecule has 0 heterocycles. The number of nitrogens with one attached hydrogen (secondary N) is 1. The van der Waals surface area contributed by atoms with E-state index in [2.05, 4.69) is 34.7 Å². The Balaban J connectivity index is 2.94. The third-order valence-corrected chi connectivity index (χ3v) is 3.39. The van der Waals surface area contributed by atoms with E-state index in [4.69, 9.17) is 0 Å². The van der Waals surface area contributed by atoms with E-state index >= 15 is 0 Å². The summed E-state index contributed by atoms with van der Waals surface area (Å²) in [6.07, 6.45) is 1.88. The first kappa shape index (κ1) is 14.4. The highest BCUT2D eigenvalue weighted by Gasteiger charge is 2.15. The molecule has 1 rings (SSSR count). The Labute approximate surface area is 111 Å². The van der Waals surface area contributed by atoms with Crippen LogP contribution in [-0.4, -0.2) is 6.54 Å². The van der Waals surface area contributed by atoms with Crippen molar-refractivity contribution in [2.24, 2.45) is 0 Å².